The molecule has 2 N–H and O–H groups in total. The fraction of sp³-hybridized carbons (Fsp3) is 0.182. The van der Waals surface area contributed by atoms with Gasteiger partial charge in [0.05, 0.1) is 18.0 Å². The minimum Gasteiger partial charge on any atom is -0.390 e. The first-order valence-corrected chi connectivity index (χ1v) is 6.05. The molecule has 0 fully saturated rings. The zero-order valence-electron chi connectivity index (χ0n) is 8.44. The highest BCUT2D eigenvalue weighted by Crippen LogP contribution is 2.17. The van der Waals surface area contributed by atoms with E-state index in [1.807, 2.05) is 24.3 Å². The van der Waals surface area contributed by atoms with Crippen molar-refractivity contribution in [2.75, 3.05) is 0 Å². The molecule has 5 heteroatoms. The quantitative estimate of drug-likeness (QED) is 0.763. The molecule has 0 atom stereocenters. The summed E-state index contributed by atoms with van der Waals surface area (Å²) in [6.45, 7) is -0.0447. The van der Waals surface area contributed by atoms with Crippen LogP contribution in [0.1, 0.15) is 17.0 Å². The number of benzene rings is 1. The van der Waals surface area contributed by atoms with Gasteiger partial charge in [-0.05, 0) is 17.7 Å². The van der Waals surface area contributed by atoms with Crippen molar-refractivity contribution in [2.45, 2.75) is 18.2 Å². The maximum atomic E-state index is 9.15. The third-order valence-corrected chi connectivity index (χ3v) is 2.98. The van der Waals surface area contributed by atoms with Gasteiger partial charge in [-0.2, -0.15) is 0 Å². The highest BCUT2D eigenvalue weighted by Gasteiger charge is 2.08. The maximum Gasteiger partial charge on any atom is 0.162 e. The van der Waals surface area contributed by atoms with Crippen molar-refractivity contribution in [2.24, 2.45) is 0 Å². The van der Waals surface area contributed by atoms with Gasteiger partial charge in [-0.3, -0.25) is 0 Å². The lowest BCUT2D eigenvalue weighted by atomic mass is 10.1. The van der Waals surface area contributed by atoms with Gasteiger partial charge in [-0.15, -0.1) is 12.6 Å². The van der Waals surface area contributed by atoms with Crippen LogP contribution in [0.2, 0.25) is 0 Å². The molecule has 0 amide bonds. The molecule has 0 aliphatic carbocycles. The Bertz CT molecular complexity index is 498. The molecule has 0 aliphatic heterocycles. The standard InChI is InChI=1S/C11H11BrN2OS/c12-8-3-1-2-7(4-8)5-9-10(6-15)14-11(16)13-9/h1-4,15H,5-6H2,(H2,13,14,16). The Morgan fingerprint density at radius 3 is 2.94 bits per heavy atom. The molecule has 0 saturated carbocycles. The first kappa shape index (κ1) is 11.7. The van der Waals surface area contributed by atoms with Gasteiger partial charge in [0.2, 0.25) is 0 Å². The van der Waals surface area contributed by atoms with Gasteiger partial charge in [-0.25, -0.2) is 4.98 Å². The summed E-state index contributed by atoms with van der Waals surface area (Å²) < 4.78 is 1.04. The summed E-state index contributed by atoms with van der Waals surface area (Å²) in [4.78, 5) is 7.16. The van der Waals surface area contributed by atoms with Crippen molar-refractivity contribution in [1.82, 2.24) is 9.97 Å². The molecule has 16 heavy (non-hydrogen) atoms. The highest BCUT2D eigenvalue weighted by atomic mass is 79.9. The smallest absolute Gasteiger partial charge is 0.162 e. The fourth-order valence-corrected chi connectivity index (χ4v) is 2.25. The molecule has 0 saturated heterocycles. The van der Waals surface area contributed by atoms with Crippen LogP contribution in [0, 0.1) is 0 Å². The second-order valence-corrected chi connectivity index (χ2v) is 4.79. The molecule has 2 rings (SSSR count). The van der Waals surface area contributed by atoms with Gasteiger partial charge in [0.25, 0.3) is 0 Å². The average Bonchev–Trinajstić information content (AvgIpc) is 2.59. The van der Waals surface area contributed by atoms with Crippen molar-refractivity contribution in [3.63, 3.8) is 0 Å². The van der Waals surface area contributed by atoms with Gasteiger partial charge < -0.3 is 10.1 Å². The number of aromatic nitrogens is 2. The van der Waals surface area contributed by atoms with Crippen LogP contribution in [0.15, 0.2) is 33.9 Å². The Balaban J connectivity index is 2.26. The van der Waals surface area contributed by atoms with Crippen molar-refractivity contribution >= 4 is 28.6 Å². The summed E-state index contributed by atoms with van der Waals surface area (Å²) in [5.41, 5.74) is 2.71. The van der Waals surface area contributed by atoms with Crippen LogP contribution in [0.3, 0.4) is 0 Å². The summed E-state index contributed by atoms with van der Waals surface area (Å²) in [6, 6.07) is 8.02. The molecule has 0 spiro atoms. The first-order chi connectivity index (χ1) is 7.69. The number of hydrogen-bond acceptors (Lipinski definition) is 3. The number of thiol groups is 1. The predicted molar refractivity (Wildman–Crippen MR) is 68.7 cm³/mol. The number of rotatable bonds is 3. The highest BCUT2D eigenvalue weighted by molar-refractivity contribution is 9.10. The summed E-state index contributed by atoms with van der Waals surface area (Å²) in [5, 5.41) is 9.69. The molecule has 0 aliphatic rings. The van der Waals surface area contributed by atoms with Crippen molar-refractivity contribution < 1.29 is 5.11 Å². The monoisotopic (exact) mass is 298 g/mol. The summed E-state index contributed by atoms with van der Waals surface area (Å²) in [6.07, 6.45) is 0.687. The van der Waals surface area contributed by atoms with Gasteiger partial charge in [0.15, 0.2) is 5.16 Å². The Morgan fingerprint density at radius 2 is 2.25 bits per heavy atom. The number of halogens is 1. The second kappa shape index (κ2) is 5.03. The third kappa shape index (κ3) is 2.66. The molecular formula is C11H11BrN2OS. The molecule has 3 nitrogen and oxygen atoms in total. The lowest BCUT2D eigenvalue weighted by molar-refractivity contribution is 0.276. The van der Waals surface area contributed by atoms with Crippen molar-refractivity contribution in [1.29, 1.82) is 0 Å². The molecule has 1 aromatic carbocycles. The van der Waals surface area contributed by atoms with E-state index in [2.05, 4.69) is 38.5 Å². The number of nitrogens with zero attached hydrogens (tertiary/aromatic N) is 1. The van der Waals surface area contributed by atoms with E-state index in [1.165, 1.54) is 0 Å². The van der Waals surface area contributed by atoms with Crippen molar-refractivity contribution in [3.8, 4) is 0 Å². The van der Waals surface area contributed by atoms with Crippen LogP contribution in [0.4, 0.5) is 0 Å². The zero-order chi connectivity index (χ0) is 11.5. The fourth-order valence-electron chi connectivity index (χ4n) is 1.55. The summed E-state index contributed by atoms with van der Waals surface area (Å²) >= 11 is 7.55. The Hall–Kier alpha value is -0.780. The van der Waals surface area contributed by atoms with Gasteiger partial charge >= 0.3 is 0 Å². The number of H-pyrrole nitrogens is 1. The first-order valence-electron chi connectivity index (χ1n) is 4.81. The normalized spacial score (nSPS) is 10.7. The van der Waals surface area contributed by atoms with E-state index in [0.29, 0.717) is 11.6 Å². The van der Waals surface area contributed by atoms with Crippen LogP contribution in [0.5, 0.6) is 0 Å². The predicted octanol–water partition coefficient (Wildman–Crippen LogP) is 2.54. The van der Waals surface area contributed by atoms with E-state index < -0.39 is 0 Å². The van der Waals surface area contributed by atoms with Gasteiger partial charge in [0.1, 0.15) is 0 Å². The van der Waals surface area contributed by atoms with E-state index in [9.17, 15) is 0 Å². The lowest BCUT2D eigenvalue weighted by Gasteiger charge is -2.01. The van der Waals surface area contributed by atoms with E-state index in [-0.39, 0.29) is 6.61 Å². The summed E-state index contributed by atoms with van der Waals surface area (Å²) in [7, 11) is 0. The zero-order valence-corrected chi connectivity index (χ0v) is 10.9. The number of aliphatic hydroxyl groups is 1. The van der Waals surface area contributed by atoms with E-state index >= 15 is 0 Å². The van der Waals surface area contributed by atoms with Crippen LogP contribution in [0.25, 0.3) is 0 Å². The SMILES string of the molecule is OCc1[nH]c(S)nc1Cc1cccc(Br)c1. The maximum absolute atomic E-state index is 9.15. The molecule has 0 unspecified atom stereocenters. The number of aromatic amines is 1. The molecular weight excluding hydrogens is 288 g/mol. The Morgan fingerprint density at radius 1 is 1.44 bits per heavy atom. The minimum absolute atomic E-state index is 0.0447. The topological polar surface area (TPSA) is 48.9 Å². The van der Waals surface area contributed by atoms with E-state index in [1.54, 1.807) is 0 Å². The van der Waals surface area contributed by atoms with E-state index in [0.717, 1.165) is 21.4 Å². The largest absolute Gasteiger partial charge is 0.390 e. The number of hydrogen-bond donors (Lipinski definition) is 3. The van der Waals surface area contributed by atoms with Crippen LogP contribution in [-0.4, -0.2) is 15.1 Å². The molecule has 0 bridgehead atoms. The molecule has 0 radical (unpaired) electrons. The van der Waals surface area contributed by atoms with Gasteiger partial charge in [-0.1, -0.05) is 28.1 Å². The number of imidazole rings is 1. The molecule has 1 aromatic heterocycles. The lowest BCUT2D eigenvalue weighted by Crippen LogP contribution is -1.94. The van der Waals surface area contributed by atoms with E-state index in [4.69, 9.17) is 5.11 Å². The molecule has 84 valence electrons. The second-order valence-electron chi connectivity index (χ2n) is 3.45. The van der Waals surface area contributed by atoms with Gasteiger partial charge in [0, 0.05) is 10.9 Å². The van der Waals surface area contributed by atoms with Crippen LogP contribution in [-0.2, 0) is 13.0 Å². The van der Waals surface area contributed by atoms with Crippen LogP contribution >= 0.6 is 28.6 Å². The Labute approximate surface area is 107 Å². The summed E-state index contributed by atoms with van der Waals surface area (Å²) in [5.74, 6) is 0. The van der Waals surface area contributed by atoms with Crippen molar-refractivity contribution in [3.05, 3.63) is 45.7 Å². The average molecular weight is 299 g/mol. The third-order valence-electron chi connectivity index (χ3n) is 2.27. The molecule has 2 aromatic rings. The minimum atomic E-state index is -0.0447. The Kier molecular flexibility index (Phi) is 3.68. The number of nitrogens with one attached hydrogen (secondary N) is 1. The molecule has 1 heterocycles. The number of aliphatic hydroxyl groups excluding tert-OH is 1. The van der Waals surface area contributed by atoms with Crippen LogP contribution < -0.4 is 0 Å².